The van der Waals surface area contributed by atoms with E-state index in [1.165, 1.54) is 29.2 Å². The molecule has 0 unspecified atom stereocenters. The molecular weight excluding hydrogens is 579 g/mol. The zero-order valence-corrected chi connectivity index (χ0v) is 23.8. The number of Topliss-reactive ketones (excluding diaryl/α,β-unsaturated/α-hetero) is 1. The van der Waals surface area contributed by atoms with Gasteiger partial charge in [0.05, 0.1) is 0 Å². The first-order chi connectivity index (χ1) is 18.3. The van der Waals surface area contributed by atoms with E-state index in [4.69, 9.17) is 0 Å². The van der Waals surface area contributed by atoms with E-state index in [0.29, 0.717) is 44.5 Å². The number of nitrogens with one attached hydrogen (secondary N) is 1. The van der Waals surface area contributed by atoms with Crippen molar-refractivity contribution >= 4 is 33.7 Å². The molecule has 2 aliphatic heterocycles. The lowest BCUT2D eigenvalue weighted by molar-refractivity contribution is -0.274. The third-order valence-electron chi connectivity index (χ3n) is 6.44. The van der Waals surface area contributed by atoms with Gasteiger partial charge in [0.1, 0.15) is 17.1 Å². The van der Waals surface area contributed by atoms with Crippen LogP contribution in [0.4, 0.5) is 18.0 Å². The van der Waals surface area contributed by atoms with E-state index in [-0.39, 0.29) is 35.9 Å². The van der Waals surface area contributed by atoms with Gasteiger partial charge in [0.15, 0.2) is 0 Å². The maximum atomic E-state index is 13.1. The fourth-order valence-electron chi connectivity index (χ4n) is 4.77. The number of benzene rings is 2. The molecule has 3 amide bonds. The fraction of sp³-hybridized carbons (Fsp3) is 0.464. The Kier molecular flexibility index (Phi) is 10.2. The zero-order valence-electron chi connectivity index (χ0n) is 22.2. The third-order valence-corrected chi connectivity index (χ3v) is 6.93. The number of piperidine rings is 1. The Balaban J connectivity index is 0.000000320. The molecule has 7 nitrogen and oxygen atoms in total. The molecule has 1 spiro atoms. The molecule has 2 heterocycles. The fourth-order valence-corrected chi connectivity index (χ4v) is 5.21. The SMILES string of the molecule is CC(=O)Cc1cccc(Br)c1.CC(C)CN1C(=O)N(Cc2ccc(OC(F)(F)F)cc2)C2(CCNCC2)C1=O. The van der Waals surface area contributed by atoms with E-state index in [2.05, 4.69) is 26.0 Å². The Morgan fingerprint density at radius 1 is 1.08 bits per heavy atom. The van der Waals surface area contributed by atoms with Gasteiger partial charge in [0.2, 0.25) is 0 Å². The number of amides is 3. The largest absolute Gasteiger partial charge is 0.573 e. The van der Waals surface area contributed by atoms with Crippen LogP contribution >= 0.6 is 15.9 Å². The first-order valence-corrected chi connectivity index (χ1v) is 13.5. The lowest BCUT2D eigenvalue weighted by Gasteiger charge is -2.38. The Labute approximate surface area is 234 Å². The summed E-state index contributed by atoms with van der Waals surface area (Å²) in [4.78, 5) is 39.8. The van der Waals surface area contributed by atoms with Crippen LogP contribution in [0.25, 0.3) is 0 Å². The topological polar surface area (TPSA) is 79.0 Å². The highest BCUT2D eigenvalue weighted by atomic mass is 79.9. The van der Waals surface area contributed by atoms with Gasteiger partial charge in [-0.3, -0.25) is 14.5 Å². The molecule has 0 aliphatic carbocycles. The third kappa shape index (κ3) is 8.28. The molecule has 2 aliphatic rings. The van der Waals surface area contributed by atoms with Gasteiger partial charge >= 0.3 is 12.4 Å². The number of carbonyl (C=O) groups excluding carboxylic acids is 3. The predicted octanol–water partition coefficient (Wildman–Crippen LogP) is 5.71. The molecule has 2 fully saturated rings. The van der Waals surface area contributed by atoms with Gasteiger partial charge in [-0.2, -0.15) is 0 Å². The summed E-state index contributed by atoms with van der Waals surface area (Å²) < 4.78 is 41.9. The average molecular weight is 612 g/mol. The summed E-state index contributed by atoms with van der Waals surface area (Å²) in [6, 6.07) is 12.9. The van der Waals surface area contributed by atoms with Gasteiger partial charge in [-0.05, 0) is 74.2 Å². The quantitative estimate of drug-likeness (QED) is 0.406. The number of ketones is 1. The summed E-state index contributed by atoms with van der Waals surface area (Å²) in [5.74, 6) is -0.156. The van der Waals surface area contributed by atoms with E-state index in [1.807, 2.05) is 38.1 Å². The van der Waals surface area contributed by atoms with Crippen molar-refractivity contribution in [2.45, 2.75) is 58.5 Å². The first kappa shape index (κ1) is 30.6. The van der Waals surface area contributed by atoms with E-state index in [0.717, 1.165) is 10.0 Å². The standard InChI is InChI=1S/C19H24F3N3O3.C9H9BrO/c1-13(2)11-24-16(26)18(7-9-23-10-8-18)25(17(24)27)12-14-3-5-15(6-4-14)28-19(20,21)22;1-7(11)5-8-3-2-4-9(10)6-8/h3-6,13,23H,7-12H2,1-2H3;2-4,6H,5H2,1H3. The van der Waals surface area contributed by atoms with Crippen molar-refractivity contribution < 1.29 is 32.3 Å². The minimum Gasteiger partial charge on any atom is -0.406 e. The highest BCUT2D eigenvalue weighted by Gasteiger charge is 2.57. The zero-order chi connectivity index (χ0) is 28.8. The number of urea groups is 1. The molecule has 0 atom stereocenters. The van der Waals surface area contributed by atoms with Crippen LogP contribution in [-0.2, 0) is 22.6 Å². The highest BCUT2D eigenvalue weighted by molar-refractivity contribution is 9.10. The van der Waals surface area contributed by atoms with E-state index in [1.54, 1.807) is 11.8 Å². The van der Waals surface area contributed by atoms with E-state index < -0.39 is 11.9 Å². The molecule has 39 heavy (non-hydrogen) atoms. The number of rotatable bonds is 7. The Morgan fingerprint density at radius 3 is 2.26 bits per heavy atom. The molecule has 0 aromatic heterocycles. The highest BCUT2D eigenvalue weighted by Crippen LogP contribution is 2.37. The number of ether oxygens (including phenoxy) is 1. The summed E-state index contributed by atoms with van der Waals surface area (Å²) in [7, 11) is 0. The van der Waals surface area contributed by atoms with Crippen LogP contribution in [0.1, 0.15) is 44.7 Å². The molecule has 0 bridgehead atoms. The molecule has 2 aromatic carbocycles. The molecular formula is C28H33BrF3N3O4. The van der Waals surface area contributed by atoms with Crippen LogP contribution in [-0.4, -0.2) is 59.1 Å². The van der Waals surface area contributed by atoms with Gasteiger partial charge in [0.25, 0.3) is 5.91 Å². The molecule has 4 rings (SSSR count). The van der Waals surface area contributed by atoms with Crippen molar-refractivity contribution in [2.75, 3.05) is 19.6 Å². The number of imide groups is 1. The van der Waals surface area contributed by atoms with Crippen LogP contribution in [0, 0.1) is 5.92 Å². The first-order valence-electron chi connectivity index (χ1n) is 12.7. The second-order valence-corrected chi connectivity index (χ2v) is 11.1. The number of halogens is 4. The van der Waals surface area contributed by atoms with Gasteiger partial charge in [0, 0.05) is 24.0 Å². The monoisotopic (exact) mass is 611 g/mol. The number of carbonyl (C=O) groups is 3. The predicted molar refractivity (Wildman–Crippen MR) is 144 cm³/mol. The number of hydrogen-bond acceptors (Lipinski definition) is 5. The van der Waals surface area contributed by atoms with Crippen molar-refractivity contribution in [3.05, 3.63) is 64.1 Å². The molecule has 212 valence electrons. The number of alkyl halides is 3. The Bertz CT molecular complexity index is 1170. The van der Waals surface area contributed by atoms with Crippen molar-refractivity contribution in [1.82, 2.24) is 15.1 Å². The molecule has 2 saturated heterocycles. The van der Waals surface area contributed by atoms with Gasteiger partial charge in [-0.15, -0.1) is 13.2 Å². The van der Waals surface area contributed by atoms with Crippen molar-refractivity contribution in [1.29, 1.82) is 0 Å². The van der Waals surface area contributed by atoms with E-state index >= 15 is 0 Å². The second kappa shape index (κ2) is 13.0. The summed E-state index contributed by atoms with van der Waals surface area (Å²) >= 11 is 3.34. The molecule has 1 N–H and O–H groups in total. The second-order valence-electron chi connectivity index (χ2n) is 10.2. The van der Waals surface area contributed by atoms with Crippen LogP contribution in [0.3, 0.4) is 0 Å². The minimum atomic E-state index is -4.75. The van der Waals surface area contributed by atoms with Crippen LogP contribution in [0.5, 0.6) is 5.75 Å². The van der Waals surface area contributed by atoms with E-state index in [9.17, 15) is 27.6 Å². The minimum absolute atomic E-state index is 0.144. The summed E-state index contributed by atoms with van der Waals surface area (Å²) in [5, 5.41) is 3.21. The summed E-state index contributed by atoms with van der Waals surface area (Å²) in [6.07, 6.45) is -3.20. The number of nitrogens with zero attached hydrogens (tertiary/aromatic N) is 2. The Morgan fingerprint density at radius 2 is 1.72 bits per heavy atom. The van der Waals surface area contributed by atoms with Gasteiger partial charge < -0.3 is 15.0 Å². The maximum Gasteiger partial charge on any atom is 0.573 e. The number of hydrogen-bond donors (Lipinski definition) is 1. The Hall–Kier alpha value is -2.92. The van der Waals surface area contributed by atoms with Gasteiger partial charge in [-0.25, -0.2) is 4.79 Å². The normalized spacial score (nSPS) is 16.9. The lowest BCUT2D eigenvalue weighted by atomic mass is 9.86. The lowest BCUT2D eigenvalue weighted by Crippen LogP contribution is -2.55. The van der Waals surface area contributed by atoms with Crippen molar-refractivity contribution in [3.8, 4) is 5.75 Å². The van der Waals surface area contributed by atoms with Gasteiger partial charge in [-0.1, -0.05) is 54.0 Å². The molecule has 0 saturated carbocycles. The molecule has 0 radical (unpaired) electrons. The van der Waals surface area contributed by atoms with Crippen molar-refractivity contribution in [3.63, 3.8) is 0 Å². The van der Waals surface area contributed by atoms with Crippen LogP contribution in [0.2, 0.25) is 0 Å². The summed E-state index contributed by atoms with van der Waals surface area (Å²) in [6.45, 7) is 7.25. The molecule has 11 heteroatoms. The van der Waals surface area contributed by atoms with Crippen LogP contribution in [0.15, 0.2) is 53.0 Å². The maximum absolute atomic E-state index is 13.1. The van der Waals surface area contributed by atoms with Crippen molar-refractivity contribution in [2.24, 2.45) is 5.92 Å². The smallest absolute Gasteiger partial charge is 0.406 e. The molecule has 2 aromatic rings. The van der Waals surface area contributed by atoms with Crippen LogP contribution < -0.4 is 10.1 Å². The average Bonchev–Trinajstić information content (AvgIpc) is 3.01. The summed E-state index contributed by atoms with van der Waals surface area (Å²) in [5.41, 5.74) is 0.810.